The number of nitrogens with zero attached hydrogens (tertiary/aromatic N) is 1. The van der Waals surface area contributed by atoms with Gasteiger partial charge in [0.15, 0.2) is 0 Å². The molecule has 1 amide bonds. The van der Waals surface area contributed by atoms with Gasteiger partial charge in [-0.2, -0.15) is 24.5 Å². The zero-order chi connectivity index (χ0) is 19.3. The van der Waals surface area contributed by atoms with Crippen molar-refractivity contribution < 1.29 is 18.0 Å². The summed E-state index contributed by atoms with van der Waals surface area (Å²) >= 11 is 1.61. The second-order valence-electron chi connectivity index (χ2n) is 6.07. The third kappa shape index (κ3) is 5.40. The smallest absolute Gasteiger partial charge is 0.352 e. The summed E-state index contributed by atoms with van der Waals surface area (Å²) in [6, 6.07) is 8.87. The maximum absolute atomic E-state index is 12.5. The van der Waals surface area contributed by atoms with Crippen LogP contribution < -0.4 is 5.32 Å². The molecule has 27 heavy (non-hydrogen) atoms. The van der Waals surface area contributed by atoms with Crippen LogP contribution in [0.15, 0.2) is 59.6 Å². The number of benzene rings is 1. The summed E-state index contributed by atoms with van der Waals surface area (Å²) in [4.78, 5) is 16.2. The molecule has 0 saturated heterocycles. The lowest BCUT2D eigenvalue weighted by Crippen LogP contribution is -2.23. The molecule has 0 radical (unpaired) electrons. The molecule has 0 saturated carbocycles. The van der Waals surface area contributed by atoms with E-state index < -0.39 is 11.7 Å². The van der Waals surface area contributed by atoms with E-state index in [2.05, 4.69) is 10.3 Å². The first-order valence-electron chi connectivity index (χ1n) is 8.31. The van der Waals surface area contributed by atoms with Gasteiger partial charge in [-0.1, -0.05) is 12.1 Å². The fourth-order valence-electron chi connectivity index (χ4n) is 2.58. The second-order valence-corrected chi connectivity index (χ2v) is 6.85. The average molecular weight is 390 g/mol. The second kappa shape index (κ2) is 8.35. The topological polar surface area (TPSA) is 42.0 Å². The highest BCUT2D eigenvalue weighted by atomic mass is 32.1. The lowest BCUT2D eigenvalue weighted by molar-refractivity contribution is -0.137. The lowest BCUT2D eigenvalue weighted by Gasteiger charge is -2.08. The molecule has 1 N–H and O–H groups in total. The molecule has 0 aliphatic carbocycles. The Kier molecular flexibility index (Phi) is 5.91. The molecule has 3 nitrogen and oxygen atoms in total. The van der Waals surface area contributed by atoms with Crippen molar-refractivity contribution in [3.8, 4) is 11.1 Å². The van der Waals surface area contributed by atoms with Gasteiger partial charge < -0.3 is 5.32 Å². The maximum atomic E-state index is 12.5. The quantitative estimate of drug-likeness (QED) is 0.638. The molecule has 0 fully saturated rings. The van der Waals surface area contributed by atoms with Crippen molar-refractivity contribution in [2.24, 2.45) is 0 Å². The van der Waals surface area contributed by atoms with E-state index in [0.29, 0.717) is 18.5 Å². The highest BCUT2D eigenvalue weighted by Gasteiger charge is 2.29. The SMILES string of the molecule is O=C(CCc1ccc(C(F)(F)F)cc1)NCc1cncc(-c2ccsc2)c1. The lowest BCUT2D eigenvalue weighted by atomic mass is 10.1. The average Bonchev–Trinajstić information content (AvgIpc) is 3.19. The van der Waals surface area contributed by atoms with Gasteiger partial charge in [0.1, 0.15) is 0 Å². The molecule has 0 unspecified atom stereocenters. The summed E-state index contributed by atoms with van der Waals surface area (Å²) in [5.74, 6) is -0.157. The molecule has 2 heterocycles. The maximum Gasteiger partial charge on any atom is 0.416 e. The monoisotopic (exact) mass is 390 g/mol. The summed E-state index contributed by atoms with van der Waals surface area (Å²) in [7, 11) is 0. The van der Waals surface area contributed by atoms with Crippen LogP contribution in [0.25, 0.3) is 11.1 Å². The molecule has 0 spiro atoms. The number of hydrogen-bond acceptors (Lipinski definition) is 3. The van der Waals surface area contributed by atoms with E-state index in [-0.39, 0.29) is 12.3 Å². The van der Waals surface area contributed by atoms with Crippen molar-refractivity contribution in [3.63, 3.8) is 0 Å². The Morgan fingerprint density at radius 2 is 1.81 bits per heavy atom. The van der Waals surface area contributed by atoms with E-state index in [1.165, 1.54) is 12.1 Å². The summed E-state index contributed by atoms with van der Waals surface area (Å²) in [5, 5.41) is 6.84. The number of carbonyl (C=O) groups excluding carboxylic acids is 1. The van der Waals surface area contributed by atoms with Crippen LogP contribution in [0.1, 0.15) is 23.1 Å². The van der Waals surface area contributed by atoms with Crippen LogP contribution in [-0.2, 0) is 23.9 Å². The number of rotatable bonds is 6. The van der Waals surface area contributed by atoms with Crippen LogP contribution in [0.5, 0.6) is 0 Å². The van der Waals surface area contributed by atoms with E-state index >= 15 is 0 Å². The van der Waals surface area contributed by atoms with Gasteiger partial charge in [-0.05, 0) is 58.1 Å². The predicted molar refractivity (Wildman–Crippen MR) is 99.2 cm³/mol. The third-order valence-corrected chi connectivity index (χ3v) is 4.74. The van der Waals surface area contributed by atoms with Crippen LogP contribution in [0, 0.1) is 0 Å². The van der Waals surface area contributed by atoms with E-state index in [1.54, 1.807) is 23.7 Å². The number of hydrogen-bond donors (Lipinski definition) is 1. The molecule has 0 bridgehead atoms. The molecule has 1 aromatic carbocycles. The summed E-state index contributed by atoms with van der Waals surface area (Å²) in [6.45, 7) is 0.358. The van der Waals surface area contributed by atoms with E-state index in [9.17, 15) is 18.0 Å². The number of thiophene rings is 1. The Balaban J connectivity index is 1.49. The molecule has 3 aromatic rings. The largest absolute Gasteiger partial charge is 0.416 e. The number of nitrogens with one attached hydrogen (secondary N) is 1. The highest BCUT2D eigenvalue weighted by molar-refractivity contribution is 7.08. The van der Waals surface area contributed by atoms with Gasteiger partial charge in [-0.3, -0.25) is 9.78 Å². The third-order valence-electron chi connectivity index (χ3n) is 4.06. The molecule has 0 aliphatic rings. The molecule has 0 aliphatic heterocycles. The summed E-state index contributed by atoms with van der Waals surface area (Å²) in [6.07, 6.45) is -0.272. The van der Waals surface area contributed by atoms with Gasteiger partial charge >= 0.3 is 6.18 Å². The van der Waals surface area contributed by atoms with Crippen LogP contribution >= 0.6 is 11.3 Å². The molecular weight excluding hydrogens is 373 g/mol. The summed E-state index contributed by atoms with van der Waals surface area (Å²) < 4.78 is 37.6. The van der Waals surface area contributed by atoms with Gasteiger partial charge in [0.25, 0.3) is 0 Å². The summed E-state index contributed by atoms with van der Waals surface area (Å²) in [5.41, 5.74) is 2.98. The van der Waals surface area contributed by atoms with Crippen molar-refractivity contribution in [2.75, 3.05) is 0 Å². The number of aromatic nitrogens is 1. The Labute approximate surface area is 158 Å². The van der Waals surface area contributed by atoms with Gasteiger partial charge in [0.2, 0.25) is 5.91 Å². The first-order valence-corrected chi connectivity index (χ1v) is 9.25. The zero-order valence-electron chi connectivity index (χ0n) is 14.3. The molecule has 2 aromatic heterocycles. The Morgan fingerprint density at radius 1 is 1.04 bits per heavy atom. The van der Waals surface area contributed by atoms with Gasteiger partial charge in [-0.25, -0.2) is 0 Å². The molecule has 140 valence electrons. The zero-order valence-corrected chi connectivity index (χ0v) is 15.1. The van der Waals surface area contributed by atoms with Crippen molar-refractivity contribution in [2.45, 2.75) is 25.6 Å². The minimum atomic E-state index is -4.35. The Hall–Kier alpha value is -2.67. The Morgan fingerprint density at radius 3 is 2.48 bits per heavy atom. The first kappa shape index (κ1) is 19.1. The molecular formula is C20H17F3N2OS. The molecule has 3 rings (SSSR count). The van der Waals surface area contributed by atoms with Crippen molar-refractivity contribution in [3.05, 3.63) is 76.2 Å². The van der Waals surface area contributed by atoms with Crippen LogP contribution in [0.4, 0.5) is 13.2 Å². The van der Waals surface area contributed by atoms with Gasteiger partial charge in [0, 0.05) is 30.9 Å². The van der Waals surface area contributed by atoms with Crippen LogP contribution in [-0.4, -0.2) is 10.9 Å². The van der Waals surface area contributed by atoms with Gasteiger partial charge in [0.05, 0.1) is 5.56 Å². The normalized spacial score (nSPS) is 11.4. The van der Waals surface area contributed by atoms with Crippen LogP contribution in [0.3, 0.4) is 0 Å². The van der Waals surface area contributed by atoms with Crippen molar-refractivity contribution >= 4 is 17.2 Å². The number of amides is 1. The first-order chi connectivity index (χ1) is 12.9. The fraction of sp³-hybridized carbons (Fsp3) is 0.200. The number of alkyl halides is 3. The van der Waals surface area contributed by atoms with Gasteiger partial charge in [-0.15, -0.1) is 0 Å². The van der Waals surface area contributed by atoms with E-state index in [1.807, 2.05) is 22.9 Å². The van der Waals surface area contributed by atoms with E-state index in [4.69, 9.17) is 0 Å². The number of carbonyl (C=O) groups is 1. The number of halogens is 3. The predicted octanol–water partition coefficient (Wildman–Crippen LogP) is 5.08. The minimum absolute atomic E-state index is 0.157. The Bertz CT molecular complexity index is 890. The molecule has 0 atom stereocenters. The number of pyridine rings is 1. The minimum Gasteiger partial charge on any atom is -0.352 e. The standard InChI is InChI=1S/C20H17F3N2OS/c21-20(22,23)18-4-1-14(2-5-18)3-6-19(26)25-11-15-9-17(12-24-10-15)16-7-8-27-13-16/h1-2,4-5,7-10,12-13H,3,6,11H2,(H,25,26). The fourth-order valence-corrected chi connectivity index (χ4v) is 3.24. The van der Waals surface area contributed by atoms with E-state index in [0.717, 1.165) is 28.8 Å². The molecule has 7 heteroatoms. The number of aryl methyl sites for hydroxylation is 1. The highest BCUT2D eigenvalue weighted by Crippen LogP contribution is 2.29. The van der Waals surface area contributed by atoms with Crippen molar-refractivity contribution in [1.82, 2.24) is 10.3 Å². The van der Waals surface area contributed by atoms with Crippen LogP contribution in [0.2, 0.25) is 0 Å². The van der Waals surface area contributed by atoms with Crippen molar-refractivity contribution in [1.29, 1.82) is 0 Å².